The van der Waals surface area contributed by atoms with Crippen LogP contribution in [0.4, 0.5) is 0 Å². The summed E-state index contributed by atoms with van der Waals surface area (Å²) in [5.74, 6) is 0.322. The van der Waals surface area contributed by atoms with Gasteiger partial charge in [-0.1, -0.05) is 43.7 Å². The fourth-order valence-electron chi connectivity index (χ4n) is 4.78. The molecule has 0 unspecified atom stereocenters. The minimum atomic E-state index is -0.363. The van der Waals surface area contributed by atoms with Crippen LogP contribution in [-0.2, 0) is 20.9 Å². The number of likely N-dealkylation sites (tertiary alicyclic amines) is 2. The second kappa shape index (κ2) is 9.42. The zero-order valence-electron chi connectivity index (χ0n) is 17.7. The number of hydrogen-bond acceptors (Lipinski definition) is 3. The zero-order valence-corrected chi connectivity index (χ0v) is 17.7. The van der Waals surface area contributed by atoms with E-state index < -0.39 is 0 Å². The molecule has 2 aliphatic heterocycles. The van der Waals surface area contributed by atoms with Crippen LogP contribution in [0.3, 0.4) is 0 Å². The smallest absolute Gasteiger partial charge is 0.241 e. The third kappa shape index (κ3) is 5.17. The molecule has 0 aliphatic carbocycles. The second-order valence-electron chi connectivity index (χ2n) is 8.65. The van der Waals surface area contributed by atoms with Crippen molar-refractivity contribution in [2.75, 3.05) is 26.2 Å². The van der Waals surface area contributed by atoms with Gasteiger partial charge in [0.1, 0.15) is 0 Å². The molecule has 1 aromatic carbocycles. The number of benzene rings is 1. The average molecular weight is 400 g/mol. The molecule has 29 heavy (non-hydrogen) atoms. The second-order valence-corrected chi connectivity index (χ2v) is 8.65. The lowest BCUT2D eigenvalue weighted by Crippen LogP contribution is -2.50. The van der Waals surface area contributed by atoms with E-state index in [-0.39, 0.29) is 35.6 Å². The number of nitrogens with one attached hydrogen (secondary N) is 1. The molecule has 1 aromatic rings. The number of nitrogens with zero attached hydrogens (tertiary/aromatic N) is 2. The molecule has 0 saturated carbocycles. The van der Waals surface area contributed by atoms with Crippen LogP contribution in [0.2, 0.25) is 0 Å². The molecule has 2 saturated heterocycles. The van der Waals surface area contributed by atoms with Crippen LogP contribution < -0.4 is 5.32 Å². The standard InChI is InChI=1S/C23H33N3O3/c1-18(27)24-16-21(28)25-14-10-20(11-15-25)23(2)12-6-7-13-26(22(23)29)17-19-8-4-3-5-9-19/h3-5,8-9,20H,6-7,10-17H2,1-2H3,(H,24,27)/t23-/m0/s1. The van der Waals surface area contributed by atoms with Gasteiger partial charge in [-0.3, -0.25) is 14.4 Å². The summed E-state index contributed by atoms with van der Waals surface area (Å²) in [4.78, 5) is 40.7. The lowest BCUT2D eigenvalue weighted by Gasteiger charge is -2.43. The van der Waals surface area contributed by atoms with Gasteiger partial charge in [0.15, 0.2) is 0 Å². The Morgan fingerprint density at radius 2 is 1.79 bits per heavy atom. The first-order chi connectivity index (χ1) is 13.9. The van der Waals surface area contributed by atoms with Crippen LogP contribution in [-0.4, -0.2) is 53.7 Å². The molecule has 2 aliphatic rings. The van der Waals surface area contributed by atoms with E-state index in [1.165, 1.54) is 12.5 Å². The Morgan fingerprint density at radius 1 is 1.10 bits per heavy atom. The van der Waals surface area contributed by atoms with Crippen LogP contribution in [0.1, 0.15) is 51.5 Å². The van der Waals surface area contributed by atoms with Gasteiger partial charge in [-0.05, 0) is 37.2 Å². The van der Waals surface area contributed by atoms with E-state index in [4.69, 9.17) is 0 Å². The molecule has 3 rings (SSSR count). The zero-order chi connectivity index (χ0) is 20.9. The van der Waals surface area contributed by atoms with Crippen molar-refractivity contribution in [2.24, 2.45) is 11.3 Å². The quantitative estimate of drug-likeness (QED) is 0.827. The van der Waals surface area contributed by atoms with E-state index in [9.17, 15) is 14.4 Å². The third-order valence-electron chi connectivity index (χ3n) is 6.60. The summed E-state index contributed by atoms with van der Waals surface area (Å²) in [6.45, 7) is 6.41. The molecule has 0 bridgehead atoms. The maximum atomic E-state index is 13.6. The Balaban J connectivity index is 1.63. The van der Waals surface area contributed by atoms with E-state index >= 15 is 0 Å². The van der Waals surface area contributed by atoms with Gasteiger partial charge in [0, 0.05) is 38.5 Å². The van der Waals surface area contributed by atoms with Gasteiger partial charge in [0.05, 0.1) is 6.54 Å². The van der Waals surface area contributed by atoms with Crippen LogP contribution in [0.25, 0.3) is 0 Å². The molecule has 6 heteroatoms. The van der Waals surface area contributed by atoms with Gasteiger partial charge in [-0.25, -0.2) is 0 Å². The highest BCUT2D eigenvalue weighted by Crippen LogP contribution is 2.43. The number of amides is 3. The van der Waals surface area contributed by atoms with Crippen LogP contribution in [0.5, 0.6) is 0 Å². The summed E-state index contributed by atoms with van der Waals surface area (Å²) in [7, 11) is 0. The van der Waals surface area contributed by atoms with E-state index in [1.54, 1.807) is 0 Å². The fourth-order valence-corrected chi connectivity index (χ4v) is 4.78. The van der Waals surface area contributed by atoms with Crippen molar-refractivity contribution in [2.45, 2.75) is 52.5 Å². The number of piperidine rings is 1. The maximum absolute atomic E-state index is 13.6. The van der Waals surface area contributed by atoms with Crippen molar-refractivity contribution in [3.05, 3.63) is 35.9 Å². The molecule has 1 N–H and O–H groups in total. The van der Waals surface area contributed by atoms with Gasteiger partial charge in [0.25, 0.3) is 0 Å². The first-order valence-corrected chi connectivity index (χ1v) is 10.8. The molecule has 6 nitrogen and oxygen atoms in total. The molecule has 0 radical (unpaired) electrons. The van der Waals surface area contributed by atoms with Crippen molar-refractivity contribution in [3.63, 3.8) is 0 Å². The first kappa shape index (κ1) is 21.3. The van der Waals surface area contributed by atoms with E-state index in [2.05, 4.69) is 24.4 Å². The van der Waals surface area contributed by atoms with Crippen LogP contribution in [0, 0.1) is 11.3 Å². The van der Waals surface area contributed by atoms with Crippen molar-refractivity contribution in [3.8, 4) is 0 Å². The predicted molar refractivity (Wildman–Crippen MR) is 112 cm³/mol. The SMILES string of the molecule is CC(=O)NCC(=O)N1CCC([C@]2(C)CCCCN(Cc3ccccc3)C2=O)CC1. The molecule has 3 amide bonds. The molecule has 1 atom stereocenters. The number of hydrogen-bond donors (Lipinski definition) is 1. The molecule has 2 heterocycles. The molecular formula is C23H33N3O3. The lowest BCUT2D eigenvalue weighted by atomic mass is 9.69. The number of carbonyl (C=O) groups is 3. The Kier molecular flexibility index (Phi) is 6.93. The van der Waals surface area contributed by atoms with Crippen molar-refractivity contribution < 1.29 is 14.4 Å². The van der Waals surface area contributed by atoms with Crippen LogP contribution >= 0.6 is 0 Å². The summed E-state index contributed by atoms with van der Waals surface area (Å²) < 4.78 is 0. The van der Waals surface area contributed by atoms with Crippen molar-refractivity contribution in [1.82, 2.24) is 15.1 Å². The van der Waals surface area contributed by atoms with Gasteiger partial charge in [0.2, 0.25) is 17.7 Å². The Labute approximate surface area is 173 Å². The predicted octanol–water partition coefficient (Wildman–Crippen LogP) is 2.58. The molecular weight excluding hydrogens is 366 g/mol. The topological polar surface area (TPSA) is 69.7 Å². The minimum Gasteiger partial charge on any atom is -0.347 e. The van der Waals surface area contributed by atoms with E-state index in [0.29, 0.717) is 19.6 Å². The highest BCUT2D eigenvalue weighted by Gasteiger charge is 2.45. The minimum absolute atomic E-state index is 0.0401. The third-order valence-corrected chi connectivity index (χ3v) is 6.60. The van der Waals surface area contributed by atoms with E-state index in [1.807, 2.05) is 28.0 Å². The summed E-state index contributed by atoms with van der Waals surface area (Å²) >= 11 is 0. The highest BCUT2D eigenvalue weighted by molar-refractivity contribution is 5.84. The van der Waals surface area contributed by atoms with E-state index in [0.717, 1.165) is 38.6 Å². The summed E-state index contributed by atoms with van der Waals surface area (Å²) in [5, 5.41) is 2.58. The molecule has 0 spiro atoms. The lowest BCUT2D eigenvalue weighted by molar-refractivity contribution is -0.146. The molecule has 2 fully saturated rings. The van der Waals surface area contributed by atoms with Crippen molar-refractivity contribution >= 4 is 17.7 Å². The number of rotatable bonds is 5. The summed E-state index contributed by atoms with van der Waals surface area (Å²) in [6.07, 6.45) is 4.71. The van der Waals surface area contributed by atoms with Gasteiger partial charge >= 0.3 is 0 Å². The Bertz CT molecular complexity index is 728. The summed E-state index contributed by atoms with van der Waals surface area (Å²) in [5.41, 5.74) is 0.807. The Morgan fingerprint density at radius 3 is 2.45 bits per heavy atom. The van der Waals surface area contributed by atoms with Gasteiger partial charge in [-0.15, -0.1) is 0 Å². The van der Waals surface area contributed by atoms with Gasteiger partial charge < -0.3 is 15.1 Å². The van der Waals surface area contributed by atoms with Crippen molar-refractivity contribution in [1.29, 1.82) is 0 Å². The summed E-state index contributed by atoms with van der Waals surface area (Å²) in [6, 6.07) is 10.2. The van der Waals surface area contributed by atoms with Crippen LogP contribution in [0.15, 0.2) is 30.3 Å². The highest BCUT2D eigenvalue weighted by atomic mass is 16.2. The monoisotopic (exact) mass is 399 g/mol. The maximum Gasteiger partial charge on any atom is 0.241 e. The average Bonchev–Trinajstić information content (AvgIpc) is 2.87. The number of carbonyl (C=O) groups excluding carboxylic acids is 3. The molecule has 0 aromatic heterocycles. The normalized spacial score (nSPS) is 23.6. The Hall–Kier alpha value is -2.37. The first-order valence-electron chi connectivity index (χ1n) is 10.8. The molecule has 158 valence electrons. The largest absolute Gasteiger partial charge is 0.347 e. The fraction of sp³-hybridized carbons (Fsp3) is 0.609. The van der Waals surface area contributed by atoms with Gasteiger partial charge in [-0.2, -0.15) is 0 Å².